The Morgan fingerprint density at radius 2 is 1.87 bits per heavy atom. The number of benzene rings is 1. The minimum atomic E-state index is -1.11. The molecule has 1 aromatic carbocycles. The van der Waals surface area contributed by atoms with Gasteiger partial charge in [0, 0.05) is 31.2 Å². The van der Waals surface area contributed by atoms with Gasteiger partial charge < -0.3 is 20.0 Å². The van der Waals surface area contributed by atoms with E-state index < -0.39 is 5.60 Å². The summed E-state index contributed by atoms with van der Waals surface area (Å²) in [5.41, 5.74) is 1.68. The van der Waals surface area contributed by atoms with Crippen LogP contribution in [0.2, 0.25) is 0 Å². The van der Waals surface area contributed by atoms with Crippen LogP contribution >= 0.6 is 0 Å². The molecule has 30 heavy (non-hydrogen) atoms. The fourth-order valence-corrected chi connectivity index (χ4v) is 5.47. The largest absolute Gasteiger partial charge is 0.394 e. The normalized spacial score (nSPS) is 23.4. The van der Waals surface area contributed by atoms with Crippen molar-refractivity contribution in [2.24, 2.45) is 5.41 Å². The monoisotopic (exact) mass is 409 g/mol. The van der Waals surface area contributed by atoms with E-state index in [9.17, 15) is 10.2 Å². The van der Waals surface area contributed by atoms with Crippen LogP contribution in [-0.4, -0.2) is 59.4 Å². The molecule has 2 saturated heterocycles. The topological polar surface area (TPSA) is 59.8 Å². The lowest BCUT2D eigenvalue weighted by Gasteiger charge is -2.56. The first kappa shape index (κ1) is 21.3. The second kappa shape index (κ2) is 7.95. The Labute approximate surface area is 180 Å². The number of aromatic nitrogens is 1. The third kappa shape index (κ3) is 3.43. The van der Waals surface area contributed by atoms with E-state index in [2.05, 4.69) is 66.9 Å². The molecule has 2 aromatic rings. The smallest absolute Gasteiger partial charge is 0.129 e. The third-order valence-corrected chi connectivity index (χ3v) is 7.15. The van der Waals surface area contributed by atoms with Crippen LogP contribution < -0.4 is 4.90 Å². The van der Waals surface area contributed by atoms with E-state index in [1.807, 2.05) is 12.1 Å². The molecule has 5 nitrogen and oxygen atoms in total. The van der Waals surface area contributed by atoms with Crippen molar-refractivity contribution in [1.29, 1.82) is 0 Å². The van der Waals surface area contributed by atoms with Gasteiger partial charge in [0.2, 0.25) is 0 Å². The zero-order chi connectivity index (χ0) is 21.5. The van der Waals surface area contributed by atoms with Crippen molar-refractivity contribution in [3.05, 3.63) is 59.3 Å². The maximum atomic E-state index is 12.3. The molecule has 2 atom stereocenters. The summed E-state index contributed by atoms with van der Waals surface area (Å²) >= 11 is 0. The average molecular weight is 410 g/mol. The first-order valence-electron chi connectivity index (χ1n) is 11.1. The number of hydrogen-bond acceptors (Lipinski definition) is 5. The van der Waals surface area contributed by atoms with Gasteiger partial charge in [0.25, 0.3) is 0 Å². The van der Waals surface area contributed by atoms with Crippen molar-refractivity contribution in [2.45, 2.75) is 51.2 Å². The summed E-state index contributed by atoms with van der Waals surface area (Å²) in [6.07, 6.45) is 3.84. The van der Waals surface area contributed by atoms with Crippen LogP contribution in [0.1, 0.15) is 56.2 Å². The Bertz CT molecular complexity index is 876. The fourth-order valence-electron chi connectivity index (χ4n) is 5.47. The number of rotatable bonds is 6. The minimum Gasteiger partial charge on any atom is -0.394 e. The standard InChI is InChI=1S/C25H35N3O2/c1-18(2)19-7-9-20(10-8-19)25(30,24(3)16-27(4)17-24)21-11-12-26-23(14-21)28-13-5-6-22(28)15-29/h7-12,14,18,22,29-30H,5-6,13,15-17H2,1-4H3/t22-,25?/m1/s1. The van der Waals surface area contributed by atoms with Gasteiger partial charge in [-0.15, -0.1) is 0 Å². The summed E-state index contributed by atoms with van der Waals surface area (Å²) in [6, 6.07) is 12.6. The molecule has 2 fully saturated rings. The maximum absolute atomic E-state index is 12.3. The van der Waals surface area contributed by atoms with E-state index >= 15 is 0 Å². The van der Waals surface area contributed by atoms with E-state index in [0.29, 0.717) is 5.92 Å². The Hall–Kier alpha value is -1.95. The van der Waals surface area contributed by atoms with Crippen LogP contribution in [0, 0.1) is 5.41 Å². The summed E-state index contributed by atoms with van der Waals surface area (Å²) in [4.78, 5) is 9.03. The van der Waals surface area contributed by atoms with Crippen LogP contribution in [0.15, 0.2) is 42.6 Å². The van der Waals surface area contributed by atoms with E-state index in [1.54, 1.807) is 6.20 Å². The van der Waals surface area contributed by atoms with Gasteiger partial charge in [0.05, 0.1) is 12.6 Å². The zero-order valence-electron chi connectivity index (χ0n) is 18.7. The van der Waals surface area contributed by atoms with Crippen molar-refractivity contribution >= 4 is 5.82 Å². The molecular formula is C25H35N3O2. The van der Waals surface area contributed by atoms with Gasteiger partial charge >= 0.3 is 0 Å². The highest BCUT2D eigenvalue weighted by molar-refractivity contribution is 5.49. The first-order valence-corrected chi connectivity index (χ1v) is 11.1. The number of nitrogens with zero attached hydrogens (tertiary/aromatic N) is 3. The van der Waals surface area contributed by atoms with Crippen LogP contribution in [0.25, 0.3) is 0 Å². The molecular weight excluding hydrogens is 374 g/mol. The molecule has 0 saturated carbocycles. The summed E-state index contributed by atoms with van der Waals surface area (Å²) in [7, 11) is 2.10. The number of pyridine rings is 1. The molecule has 2 N–H and O–H groups in total. The highest BCUT2D eigenvalue weighted by atomic mass is 16.3. The summed E-state index contributed by atoms with van der Waals surface area (Å²) in [6.45, 7) is 9.23. The van der Waals surface area contributed by atoms with Crippen LogP contribution in [0.5, 0.6) is 0 Å². The molecule has 0 bridgehead atoms. The molecule has 2 aliphatic heterocycles. The number of aliphatic hydroxyl groups excluding tert-OH is 1. The number of hydrogen-bond donors (Lipinski definition) is 2. The molecule has 5 heteroatoms. The van der Waals surface area contributed by atoms with E-state index in [-0.39, 0.29) is 18.1 Å². The average Bonchev–Trinajstić information content (AvgIpc) is 3.21. The maximum Gasteiger partial charge on any atom is 0.129 e. The van der Waals surface area contributed by atoms with E-state index in [1.165, 1.54) is 5.56 Å². The lowest BCUT2D eigenvalue weighted by Crippen LogP contribution is -2.63. The molecule has 0 aliphatic carbocycles. The highest BCUT2D eigenvalue weighted by Crippen LogP contribution is 2.50. The molecule has 162 valence electrons. The molecule has 3 heterocycles. The van der Waals surface area contributed by atoms with Gasteiger partial charge in [-0.2, -0.15) is 0 Å². The van der Waals surface area contributed by atoms with Gasteiger partial charge in [-0.25, -0.2) is 4.98 Å². The fraction of sp³-hybridized carbons (Fsp3) is 0.560. The highest BCUT2D eigenvalue weighted by Gasteiger charge is 2.55. The van der Waals surface area contributed by atoms with Crippen LogP contribution in [0.3, 0.4) is 0 Å². The molecule has 4 rings (SSSR count). The van der Waals surface area contributed by atoms with Crippen molar-refractivity contribution in [2.75, 3.05) is 38.2 Å². The van der Waals surface area contributed by atoms with Crippen LogP contribution in [0.4, 0.5) is 5.82 Å². The molecule has 1 aromatic heterocycles. The predicted molar refractivity (Wildman–Crippen MR) is 121 cm³/mol. The lowest BCUT2D eigenvalue weighted by molar-refractivity contribution is -0.127. The Balaban J connectivity index is 1.78. The van der Waals surface area contributed by atoms with E-state index in [0.717, 1.165) is 49.4 Å². The van der Waals surface area contributed by atoms with Gasteiger partial charge in [-0.1, -0.05) is 45.0 Å². The molecule has 2 aliphatic rings. The molecule has 0 spiro atoms. The van der Waals surface area contributed by atoms with Crippen molar-refractivity contribution < 1.29 is 10.2 Å². The first-order chi connectivity index (χ1) is 14.3. The van der Waals surface area contributed by atoms with Crippen molar-refractivity contribution in [3.8, 4) is 0 Å². The summed E-state index contributed by atoms with van der Waals surface area (Å²) in [5, 5.41) is 22.1. The Morgan fingerprint density at radius 1 is 1.17 bits per heavy atom. The van der Waals surface area contributed by atoms with Gasteiger partial charge in [0.1, 0.15) is 11.4 Å². The van der Waals surface area contributed by atoms with Gasteiger partial charge in [-0.05, 0) is 54.6 Å². The number of aliphatic hydroxyl groups is 2. The quantitative estimate of drug-likeness (QED) is 0.766. The predicted octanol–water partition coefficient (Wildman–Crippen LogP) is 3.35. The lowest BCUT2D eigenvalue weighted by atomic mass is 9.62. The second-order valence-corrected chi connectivity index (χ2v) is 9.79. The van der Waals surface area contributed by atoms with Crippen LogP contribution in [-0.2, 0) is 5.60 Å². The molecule has 0 radical (unpaired) electrons. The Kier molecular flexibility index (Phi) is 5.64. The second-order valence-electron chi connectivity index (χ2n) is 9.79. The number of likely N-dealkylation sites (tertiary alicyclic amines) is 1. The van der Waals surface area contributed by atoms with Gasteiger partial charge in [-0.3, -0.25) is 0 Å². The van der Waals surface area contributed by atoms with E-state index in [4.69, 9.17) is 0 Å². The minimum absolute atomic E-state index is 0.108. The third-order valence-electron chi connectivity index (χ3n) is 7.15. The van der Waals surface area contributed by atoms with Crippen molar-refractivity contribution in [3.63, 3.8) is 0 Å². The summed E-state index contributed by atoms with van der Waals surface area (Å²) < 4.78 is 0. The van der Waals surface area contributed by atoms with Gasteiger partial charge in [0.15, 0.2) is 0 Å². The number of anilines is 1. The SMILES string of the molecule is CC(C)c1ccc(C(O)(c2ccnc(N3CCC[C@@H]3CO)c2)C2(C)CN(C)C2)cc1. The Morgan fingerprint density at radius 3 is 2.47 bits per heavy atom. The zero-order valence-corrected chi connectivity index (χ0v) is 18.7. The summed E-state index contributed by atoms with van der Waals surface area (Å²) in [5.74, 6) is 1.30. The molecule has 0 amide bonds. The molecule has 1 unspecified atom stereocenters. The van der Waals surface area contributed by atoms with Crippen molar-refractivity contribution in [1.82, 2.24) is 9.88 Å².